The molecule has 2 aromatic rings. The molecule has 24 heavy (non-hydrogen) atoms. The molecule has 0 unspecified atom stereocenters. The van der Waals surface area contributed by atoms with Crippen LogP contribution in [-0.2, 0) is 16.2 Å². The first-order valence-corrected chi connectivity index (χ1v) is 7.87. The third-order valence-electron chi connectivity index (χ3n) is 3.76. The van der Waals surface area contributed by atoms with Gasteiger partial charge in [0.05, 0.1) is 11.9 Å². The van der Waals surface area contributed by atoms with Gasteiger partial charge in [0.25, 0.3) is 5.91 Å². The average molecular weight is 330 g/mol. The van der Waals surface area contributed by atoms with Crippen molar-refractivity contribution in [2.24, 2.45) is 5.16 Å². The molecule has 1 N–H and O–H groups in total. The van der Waals surface area contributed by atoms with E-state index in [4.69, 9.17) is 4.84 Å². The van der Waals surface area contributed by atoms with Crippen LogP contribution < -0.4 is 5.32 Å². The Morgan fingerprint density at radius 3 is 2.92 bits per heavy atom. The summed E-state index contributed by atoms with van der Waals surface area (Å²) < 4.78 is 14.8. The molecule has 1 aliphatic heterocycles. The van der Waals surface area contributed by atoms with Crippen LogP contribution in [0.4, 0.5) is 4.39 Å². The molecular weight excluding hydrogens is 311 g/mol. The Morgan fingerprint density at radius 1 is 1.42 bits per heavy atom. The van der Waals surface area contributed by atoms with Gasteiger partial charge in [-0.15, -0.1) is 0 Å². The maximum atomic E-state index is 12.9. The van der Waals surface area contributed by atoms with Crippen LogP contribution in [0.15, 0.2) is 41.8 Å². The highest BCUT2D eigenvalue weighted by Gasteiger charge is 2.28. The van der Waals surface area contributed by atoms with E-state index in [9.17, 15) is 9.18 Å². The number of rotatable bonds is 6. The standard InChI is InChI=1S/C17H19FN4O2/c1-12-10-20-22(11-12)8-2-7-19-17(23)16-9-15(21-24-16)13-3-5-14(18)6-4-13/h3-6,10-11,16H,2,7-9H2,1H3,(H,19,23)/t16-/m0/s1. The molecule has 0 saturated carbocycles. The summed E-state index contributed by atoms with van der Waals surface area (Å²) >= 11 is 0. The summed E-state index contributed by atoms with van der Waals surface area (Å²) in [5.74, 6) is -0.493. The fourth-order valence-electron chi connectivity index (χ4n) is 2.49. The first-order valence-electron chi connectivity index (χ1n) is 7.87. The summed E-state index contributed by atoms with van der Waals surface area (Å²) in [6.45, 7) is 3.28. The number of nitrogens with one attached hydrogen (secondary N) is 1. The lowest BCUT2D eigenvalue weighted by atomic mass is 10.0. The summed E-state index contributed by atoms with van der Waals surface area (Å²) in [4.78, 5) is 17.3. The number of aromatic nitrogens is 2. The molecule has 1 aromatic heterocycles. The number of halogens is 1. The zero-order valence-electron chi connectivity index (χ0n) is 13.4. The van der Waals surface area contributed by atoms with Crippen molar-refractivity contribution in [2.75, 3.05) is 6.54 Å². The second-order valence-corrected chi connectivity index (χ2v) is 5.77. The van der Waals surface area contributed by atoms with Crippen molar-refractivity contribution in [3.8, 4) is 0 Å². The molecular formula is C17H19FN4O2. The van der Waals surface area contributed by atoms with E-state index in [2.05, 4.69) is 15.6 Å². The molecule has 0 spiro atoms. The number of nitrogens with zero attached hydrogens (tertiary/aromatic N) is 3. The van der Waals surface area contributed by atoms with E-state index in [0.717, 1.165) is 24.1 Å². The van der Waals surface area contributed by atoms with Gasteiger partial charge >= 0.3 is 0 Å². The summed E-state index contributed by atoms with van der Waals surface area (Å²) in [6.07, 6.45) is 4.31. The Morgan fingerprint density at radius 2 is 2.21 bits per heavy atom. The minimum atomic E-state index is -0.628. The van der Waals surface area contributed by atoms with Crippen LogP contribution in [0.1, 0.15) is 24.0 Å². The highest BCUT2D eigenvalue weighted by molar-refractivity contribution is 6.04. The van der Waals surface area contributed by atoms with Crippen LogP contribution >= 0.6 is 0 Å². The van der Waals surface area contributed by atoms with Gasteiger partial charge < -0.3 is 10.2 Å². The smallest absolute Gasteiger partial charge is 0.264 e. The maximum absolute atomic E-state index is 12.9. The van der Waals surface area contributed by atoms with Gasteiger partial charge in [-0.3, -0.25) is 9.48 Å². The van der Waals surface area contributed by atoms with E-state index in [1.54, 1.807) is 18.3 Å². The molecule has 6 nitrogen and oxygen atoms in total. The normalized spacial score (nSPS) is 16.6. The third kappa shape index (κ3) is 3.98. The first kappa shape index (κ1) is 16.2. The number of oxime groups is 1. The molecule has 3 rings (SSSR count). The zero-order chi connectivity index (χ0) is 16.9. The van der Waals surface area contributed by atoms with Crippen LogP contribution in [0.3, 0.4) is 0 Å². The van der Waals surface area contributed by atoms with Gasteiger partial charge in [0.1, 0.15) is 5.82 Å². The lowest BCUT2D eigenvalue weighted by Crippen LogP contribution is -2.35. The molecule has 7 heteroatoms. The largest absolute Gasteiger partial charge is 0.382 e. The fourth-order valence-corrected chi connectivity index (χ4v) is 2.49. The molecule has 0 bridgehead atoms. The molecule has 2 heterocycles. The quantitative estimate of drug-likeness (QED) is 0.824. The molecule has 1 aromatic carbocycles. The van der Waals surface area contributed by atoms with Crippen molar-refractivity contribution < 1.29 is 14.0 Å². The second kappa shape index (κ2) is 7.25. The predicted molar refractivity (Wildman–Crippen MR) is 87.0 cm³/mol. The van der Waals surface area contributed by atoms with Crippen molar-refractivity contribution in [2.45, 2.75) is 32.4 Å². The minimum Gasteiger partial charge on any atom is -0.382 e. The summed E-state index contributed by atoms with van der Waals surface area (Å²) in [7, 11) is 0. The number of hydrogen-bond donors (Lipinski definition) is 1. The van der Waals surface area contributed by atoms with Crippen LogP contribution in [0.25, 0.3) is 0 Å². The number of carbonyl (C=O) groups is 1. The van der Waals surface area contributed by atoms with Crippen LogP contribution in [0.2, 0.25) is 0 Å². The SMILES string of the molecule is Cc1cnn(CCCNC(=O)[C@@H]2CC(c3ccc(F)cc3)=NO2)c1. The molecule has 126 valence electrons. The van der Waals surface area contributed by atoms with Gasteiger partial charge in [0.15, 0.2) is 0 Å². The molecule has 0 saturated heterocycles. The molecule has 0 aliphatic carbocycles. The monoisotopic (exact) mass is 330 g/mol. The van der Waals surface area contributed by atoms with Crippen LogP contribution in [-0.4, -0.2) is 34.0 Å². The number of benzene rings is 1. The fraction of sp³-hybridized carbons (Fsp3) is 0.353. The number of amides is 1. The van der Waals surface area contributed by atoms with Crippen molar-refractivity contribution in [3.63, 3.8) is 0 Å². The highest BCUT2D eigenvalue weighted by Crippen LogP contribution is 2.17. The van der Waals surface area contributed by atoms with Crippen molar-refractivity contribution in [1.82, 2.24) is 15.1 Å². The lowest BCUT2D eigenvalue weighted by Gasteiger charge is -2.09. The Hall–Kier alpha value is -2.70. The summed E-state index contributed by atoms with van der Waals surface area (Å²) in [5.41, 5.74) is 2.53. The van der Waals surface area contributed by atoms with Crippen molar-refractivity contribution in [3.05, 3.63) is 53.6 Å². The third-order valence-corrected chi connectivity index (χ3v) is 3.76. The lowest BCUT2D eigenvalue weighted by molar-refractivity contribution is -0.131. The van der Waals surface area contributed by atoms with Gasteiger partial charge in [-0.25, -0.2) is 4.39 Å². The molecule has 1 aliphatic rings. The van der Waals surface area contributed by atoms with Gasteiger partial charge in [-0.05, 0) is 36.6 Å². The first-order chi connectivity index (χ1) is 11.6. The van der Waals surface area contributed by atoms with Crippen LogP contribution in [0, 0.1) is 12.7 Å². The van der Waals surface area contributed by atoms with Crippen molar-refractivity contribution in [1.29, 1.82) is 0 Å². The average Bonchev–Trinajstić information content (AvgIpc) is 3.21. The van der Waals surface area contributed by atoms with Gasteiger partial charge in [0.2, 0.25) is 6.10 Å². The van der Waals surface area contributed by atoms with E-state index in [1.807, 2.05) is 17.8 Å². The van der Waals surface area contributed by atoms with Gasteiger partial charge in [-0.2, -0.15) is 5.10 Å². The molecule has 1 atom stereocenters. The number of hydrogen-bond acceptors (Lipinski definition) is 4. The second-order valence-electron chi connectivity index (χ2n) is 5.77. The summed E-state index contributed by atoms with van der Waals surface area (Å²) in [6, 6.07) is 5.98. The number of carbonyl (C=O) groups excluding carboxylic acids is 1. The minimum absolute atomic E-state index is 0.187. The van der Waals surface area contributed by atoms with E-state index in [1.165, 1.54) is 12.1 Å². The van der Waals surface area contributed by atoms with Crippen molar-refractivity contribution >= 4 is 11.6 Å². The highest BCUT2D eigenvalue weighted by atomic mass is 19.1. The van der Waals surface area contributed by atoms with E-state index < -0.39 is 6.10 Å². The van der Waals surface area contributed by atoms with E-state index in [0.29, 0.717) is 18.7 Å². The summed E-state index contributed by atoms with van der Waals surface area (Å²) in [5, 5.41) is 11.0. The van der Waals surface area contributed by atoms with Crippen LogP contribution in [0.5, 0.6) is 0 Å². The molecule has 0 radical (unpaired) electrons. The topological polar surface area (TPSA) is 68.5 Å². The van der Waals surface area contributed by atoms with Gasteiger partial charge in [-0.1, -0.05) is 17.3 Å². The maximum Gasteiger partial charge on any atom is 0.264 e. The predicted octanol–water partition coefficient (Wildman–Crippen LogP) is 2.03. The Bertz CT molecular complexity index is 739. The Kier molecular flexibility index (Phi) is 4.88. The van der Waals surface area contributed by atoms with E-state index >= 15 is 0 Å². The molecule has 1 amide bonds. The Labute approximate surface area is 139 Å². The number of aryl methyl sites for hydroxylation is 2. The van der Waals surface area contributed by atoms with E-state index in [-0.39, 0.29) is 11.7 Å². The molecule has 0 fully saturated rings. The zero-order valence-corrected chi connectivity index (χ0v) is 13.4. The Balaban J connectivity index is 1.41. The van der Waals surface area contributed by atoms with Gasteiger partial charge in [0, 0.05) is 25.7 Å².